The molecule has 1 N–H and O–H groups in total. The van der Waals surface area contributed by atoms with Crippen LogP contribution in [0.2, 0.25) is 0 Å². The Kier molecular flexibility index (Phi) is 6.49. The van der Waals surface area contributed by atoms with E-state index in [2.05, 4.69) is 51.6 Å². The summed E-state index contributed by atoms with van der Waals surface area (Å²) in [5.41, 5.74) is 0.290. The van der Waals surface area contributed by atoms with E-state index in [1.54, 1.807) is 0 Å². The van der Waals surface area contributed by atoms with Crippen LogP contribution in [0.5, 0.6) is 0 Å². The highest BCUT2D eigenvalue weighted by atomic mass is 79.9. The van der Waals surface area contributed by atoms with Gasteiger partial charge in [0.2, 0.25) is 0 Å². The summed E-state index contributed by atoms with van der Waals surface area (Å²) in [6.07, 6.45) is 2.36. The van der Waals surface area contributed by atoms with Gasteiger partial charge in [-0.3, -0.25) is 0 Å². The first-order chi connectivity index (χ1) is 9.63. The molecule has 1 aliphatic rings. The van der Waals surface area contributed by atoms with E-state index in [0.29, 0.717) is 5.41 Å². The minimum atomic E-state index is 0.290. The molecule has 0 radical (unpaired) electrons. The molecule has 2 rings (SSSR count). The third-order valence-corrected chi connectivity index (χ3v) is 5.45. The number of ether oxygens (including phenoxy) is 1. The molecular formula is C15H25BrN2OS. The number of halogens is 1. The molecule has 1 saturated heterocycles. The molecule has 0 spiro atoms. The summed E-state index contributed by atoms with van der Waals surface area (Å²) in [4.78, 5) is 3.84. The summed E-state index contributed by atoms with van der Waals surface area (Å²) in [5.74, 6) is 0. The smallest absolute Gasteiger partial charge is 0.0547 e. The largest absolute Gasteiger partial charge is 0.381 e. The Balaban J connectivity index is 1.86. The average Bonchev–Trinajstić information content (AvgIpc) is 3.00. The lowest BCUT2D eigenvalue weighted by Gasteiger charge is -2.32. The second-order valence-corrected chi connectivity index (χ2v) is 7.79. The van der Waals surface area contributed by atoms with Crippen LogP contribution in [0.25, 0.3) is 0 Å². The molecule has 1 unspecified atom stereocenters. The Hall–Kier alpha value is 0.0600. The van der Waals surface area contributed by atoms with E-state index in [1.807, 2.05) is 11.3 Å². The fourth-order valence-electron chi connectivity index (χ4n) is 2.83. The van der Waals surface area contributed by atoms with Crippen LogP contribution in [0.1, 0.15) is 24.6 Å². The highest BCUT2D eigenvalue weighted by Crippen LogP contribution is 2.30. The third-order valence-electron chi connectivity index (χ3n) is 3.76. The van der Waals surface area contributed by atoms with Crippen molar-refractivity contribution in [2.24, 2.45) is 5.41 Å². The maximum Gasteiger partial charge on any atom is 0.0547 e. The van der Waals surface area contributed by atoms with Crippen molar-refractivity contribution in [2.75, 3.05) is 39.9 Å². The topological polar surface area (TPSA) is 24.5 Å². The van der Waals surface area contributed by atoms with Gasteiger partial charge in [-0.15, -0.1) is 11.3 Å². The molecular weight excluding hydrogens is 336 g/mol. The van der Waals surface area contributed by atoms with Gasteiger partial charge >= 0.3 is 0 Å². The van der Waals surface area contributed by atoms with E-state index in [-0.39, 0.29) is 0 Å². The van der Waals surface area contributed by atoms with Gasteiger partial charge in [-0.2, -0.15) is 0 Å². The Labute approximate surface area is 134 Å². The SMILES string of the molecule is CCCNCC1(CN(C)Cc2cc(Br)cs2)CCOC1. The normalized spacial score (nSPS) is 22.8. The summed E-state index contributed by atoms with van der Waals surface area (Å²) >= 11 is 5.35. The van der Waals surface area contributed by atoms with Crippen molar-refractivity contribution in [1.82, 2.24) is 10.2 Å². The van der Waals surface area contributed by atoms with Crippen LogP contribution in [0.15, 0.2) is 15.9 Å². The van der Waals surface area contributed by atoms with Gasteiger partial charge in [-0.1, -0.05) is 6.92 Å². The molecule has 3 nitrogen and oxygen atoms in total. The molecule has 0 aliphatic carbocycles. The van der Waals surface area contributed by atoms with Crippen LogP contribution in [-0.4, -0.2) is 44.8 Å². The molecule has 0 saturated carbocycles. The van der Waals surface area contributed by atoms with Gasteiger partial charge in [0.15, 0.2) is 0 Å². The van der Waals surface area contributed by atoms with Crippen LogP contribution in [0, 0.1) is 5.41 Å². The fraction of sp³-hybridized carbons (Fsp3) is 0.733. The van der Waals surface area contributed by atoms with Crippen molar-refractivity contribution < 1.29 is 4.74 Å². The Morgan fingerprint density at radius 2 is 2.40 bits per heavy atom. The molecule has 2 heterocycles. The molecule has 1 aromatic heterocycles. The molecule has 5 heteroatoms. The maximum atomic E-state index is 5.67. The van der Waals surface area contributed by atoms with Gasteiger partial charge in [0.25, 0.3) is 0 Å². The second kappa shape index (κ2) is 7.90. The first-order valence-electron chi connectivity index (χ1n) is 7.33. The van der Waals surface area contributed by atoms with Crippen LogP contribution < -0.4 is 5.32 Å². The van der Waals surface area contributed by atoms with E-state index in [9.17, 15) is 0 Å². The van der Waals surface area contributed by atoms with Gasteiger partial charge in [0.1, 0.15) is 0 Å². The van der Waals surface area contributed by atoms with Crippen molar-refractivity contribution >= 4 is 27.3 Å². The van der Waals surface area contributed by atoms with E-state index < -0.39 is 0 Å². The Bertz CT molecular complexity index is 404. The number of thiophene rings is 1. The lowest BCUT2D eigenvalue weighted by molar-refractivity contribution is 0.117. The highest BCUT2D eigenvalue weighted by molar-refractivity contribution is 9.10. The second-order valence-electron chi connectivity index (χ2n) is 5.88. The molecule has 1 aromatic rings. The van der Waals surface area contributed by atoms with Crippen molar-refractivity contribution in [3.63, 3.8) is 0 Å². The van der Waals surface area contributed by atoms with Crippen molar-refractivity contribution in [3.05, 3.63) is 20.8 Å². The van der Waals surface area contributed by atoms with E-state index in [4.69, 9.17) is 4.74 Å². The molecule has 0 aromatic carbocycles. The molecule has 1 atom stereocenters. The molecule has 0 amide bonds. The zero-order valence-electron chi connectivity index (χ0n) is 12.5. The third kappa shape index (κ3) is 4.81. The van der Waals surface area contributed by atoms with Crippen molar-refractivity contribution in [2.45, 2.75) is 26.3 Å². The summed E-state index contributed by atoms with van der Waals surface area (Å²) in [6, 6.07) is 2.22. The predicted molar refractivity (Wildman–Crippen MR) is 89.4 cm³/mol. The standard InChI is InChI=1S/C15H25BrN2OS/c1-3-5-17-10-15(4-6-19-12-15)11-18(2)8-14-7-13(16)9-20-14/h7,9,17H,3-6,8,10-12H2,1-2H3. The van der Waals surface area contributed by atoms with Crippen molar-refractivity contribution in [3.8, 4) is 0 Å². The lowest BCUT2D eigenvalue weighted by atomic mass is 9.86. The molecule has 20 heavy (non-hydrogen) atoms. The van der Waals surface area contributed by atoms with Crippen LogP contribution in [0.4, 0.5) is 0 Å². The minimum absolute atomic E-state index is 0.290. The molecule has 114 valence electrons. The van der Waals surface area contributed by atoms with Crippen LogP contribution in [-0.2, 0) is 11.3 Å². The number of hydrogen-bond donors (Lipinski definition) is 1. The van der Waals surface area contributed by atoms with E-state index in [0.717, 1.165) is 39.4 Å². The quantitative estimate of drug-likeness (QED) is 0.719. The zero-order chi connectivity index (χ0) is 14.4. The number of nitrogens with one attached hydrogen (secondary N) is 1. The highest BCUT2D eigenvalue weighted by Gasteiger charge is 2.35. The summed E-state index contributed by atoms with van der Waals surface area (Å²) in [5, 5.41) is 5.73. The van der Waals surface area contributed by atoms with Crippen molar-refractivity contribution in [1.29, 1.82) is 0 Å². The molecule has 0 bridgehead atoms. The van der Waals surface area contributed by atoms with Gasteiger partial charge in [0.05, 0.1) is 6.61 Å². The average molecular weight is 361 g/mol. The van der Waals surface area contributed by atoms with E-state index in [1.165, 1.54) is 22.2 Å². The number of nitrogens with zero attached hydrogens (tertiary/aromatic N) is 1. The monoisotopic (exact) mass is 360 g/mol. The minimum Gasteiger partial charge on any atom is -0.381 e. The first-order valence-corrected chi connectivity index (χ1v) is 9.01. The maximum absolute atomic E-state index is 5.67. The van der Waals surface area contributed by atoms with Gasteiger partial charge in [-0.25, -0.2) is 0 Å². The first kappa shape index (κ1) is 16.4. The number of rotatable bonds is 8. The molecule has 1 fully saturated rings. The van der Waals surface area contributed by atoms with Gasteiger partial charge < -0.3 is 15.0 Å². The van der Waals surface area contributed by atoms with E-state index >= 15 is 0 Å². The Morgan fingerprint density at radius 1 is 1.55 bits per heavy atom. The van der Waals surface area contributed by atoms with Gasteiger partial charge in [0, 0.05) is 46.4 Å². The lowest BCUT2D eigenvalue weighted by Crippen LogP contribution is -2.43. The summed E-state index contributed by atoms with van der Waals surface area (Å²) in [7, 11) is 2.22. The summed E-state index contributed by atoms with van der Waals surface area (Å²) < 4.78 is 6.86. The Morgan fingerprint density at radius 3 is 3.00 bits per heavy atom. The fourth-order valence-corrected chi connectivity index (χ4v) is 4.36. The summed E-state index contributed by atoms with van der Waals surface area (Å²) in [6.45, 7) is 8.30. The van der Waals surface area contributed by atoms with Crippen LogP contribution in [0.3, 0.4) is 0 Å². The predicted octanol–water partition coefficient (Wildman–Crippen LogP) is 3.35. The number of hydrogen-bond acceptors (Lipinski definition) is 4. The van der Waals surface area contributed by atoms with Gasteiger partial charge in [-0.05, 0) is 48.4 Å². The van der Waals surface area contributed by atoms with Crippen LogP contribution >= 0.6 is 27.3 Å². The molecule has 1 aliphatic heterocycles. The zero-order valence-corrected chi connectivity index (χ0v) is 14.9.